The summed E-state index contributed by atoms with van der Waals surface area (Å²) in [6.07, 6.45) is 3.89. The van der Waals surface area contributed by atoms with E-state index in [1.165, 1.54) is 25.9 Å². The molecule has 0 radical (unpaired) electrons. The molecule has 0 aromatic rings. The lowest BCUT2D eigenvalue weighted by molar-refractivity contribution is 0.0415. The number of likely N-dealkylation sites (tertiary alicyclic amines) is 1. The lowest BCUT2D eigenvalue weighted by Gasteiger charge is -2.45. The summed E-state index contributed by atoms with van der Waals surface area (Å²) >= 11 is 0. The molecule has 0 aromatic heterocycles. The third-order valence-electron chi connectivity index (χ3n) is 3.88. The molecule has 1 saturated heterocycles. The molecule has 0 bridgehead atoms. The van der Waals surface area contributed by atoms with Crippen molar-refractivity contribution in [3.63, 3.8) is 0 Å². The van der Waals surface area contributed by atoms with E-state index < -0.39 is 0 Å². The van der Waals surface area contributed by atoms with Crippen molar-refractivity contribution >= 4 is 0 Å². The SMILES string of the molecule is C[C@H]1[C@H](C(C)(C)C)CCCN1CCCN. The topological polar surface area (TPSA) is 29.3 Å². The van der Waals surface area contributed by atoms with Crippen molar-refractivity contribution in [1.29, 1.82) is 0 Å². The van der Waals surface area contributed by atoms with Crippen LogP contribution in [0.5, 0.6) is 0 Å². The van der Waals surface area contributed by atoms with Gasteiger partial charge in [0.2, 0.25) is 0 Å². The Kier molecular flexibility index (Phi) is 4.60. The lowest BCUT2D eigenvalue weighted by atomic mass is 9.72. The number of hydrogen-bond donors (Lipinski definition) is 1. The van der Waals surface area contributed by atoms with Crippen molar-refractivity contribution in [2.45, 2.75) is 53.0 Å². The zero-order valence-corrected chi connectivity index (χ0v) is 10.9. The summed E-state index contributed by atoms with van der Waals surface area (Å²) in [6.45, 7) is 12.8. The average molecular weight is 212 g/mol. The van der Waals surface area contributed by atoms with Gasteiger partial charge in [0.1, 0.15) is 0 Å². The van der Waals surface area contributed by atoms with Gasteiger partial charge in [-0.15, -0.1) is 0 Å². The zero-order chi connectivity index (χ0) is 11.5. The first-order valence-electron chi connectivity index (χ1n) is 6.41. The van der Waals surface area contributed by atoms with Crippen molar-refractivity contribution in [2.24, 2.45) is 17.1 Å². The summed E-state index contributed by atoms with van der Waals surface area (Å²) < 4.78 is 0. The Morgan fingerprint density at radius 3 is 2.53 bits per heavy atom. The van der Waals surface area contributed by atoms with E-state index in [9.17, 15) is 0 Å². The van der Waals surface area contributed by atoms with Crippen LogP contribution in [-0.2, 0) is 0 Å². The zero-order valence-electron chi connectivity index (χ0n) is 10.9. The standard InChI is InChI=1S/C13H28N2/c1-11-12(13(2,3)4)7-5-9-15(11)10-6-8-14/h11-12H,5-10,14H2,1-4H3/t11-,12+/m0/s1. The first kappa shape index (κ1) is 13.0. The summed E-state index contributed by atoms with van der Waals surface area (Å²) in [7, 11) is 0. The smallest absolute Gasteiger partial charge is 0.0100 e. The molecule has 0 amide bonds. The minimum atomic E-state index is 0.445. The van der Waals surface area contributed by atoms with Gasteiger partial charge in [0.05, 0.1) is 0 Å². The quantitative estimate of drug-likeness (QED) is 0.779. The molecular weight excluding hydrogens is 184 g/mol. The molecule has 0 aromatic carbocycles. The maximum atomic E-state index is 5.58. The largest absolute Gasteiger partial charge is 0.330 e. The van der Waals surface area contributed by atoms with Gasteiger partial charge in [-0.25, -0.2) is 0 Å². The monoisotopic (exact) mass is 212 g/mol. The Morgan fingerprint density at radius 2 is 2.00 bits per heavy atom. The van der Waals surface area contributed by atoms with Crippen molar-refractivity contribution in [2.75, 3.05) is 19.6 Å². The van der Waals surface area contributed by atoms with Gasteiger partial charge in [-0.05, 0) is 57.2 Å². The Bertz CT molecular complexity index is 183. The first-order valence-corrected chi connectivity index (χ1v) is 6.41. The van der Waals surface area contributed by atoms with E-state index in [2.05, 4.69) is 32.6 Å². The van der Waals surface area contributed by atoms with Gasteiger partial charge in [-0.2, -0.15) is 0 Å². The fraction of sp³-hybridized carbons (Fsp3) is 1.00. The fourth-order valence-electron chi connectivity index (χ4n) is 2.98. The Balaban J connectivity index is 2.55. The molecule has 15 heavy (non-hydrogen) atoms. The van der Waals surface area contributed by atoms with Crippen LogP contribution in [0.15, 0.2) is 0 Å². The maximum Gasteiger partial charge on any atom is 0.0100 e. The van der Waals surface area contributed by atoms with Crippen LogP contribution in [-0.4, -0.2) is 30.6 Å². The van der Waals surface area contributed by atoms with Crippen LogP contribution in [0.25, 0.3) is 0 Å². The number of nitrogens with zero attached hydrogens (tertiary/aromatic N) is 1. The summed E-state index contributed by atoms with van der Waals surface area (Å²) in [5.41, 5.74) is 6.03. The molecule has 90 valence electrons. The van der Waals surface area contributed by atoms with Crippen molar-refractivity contribution < 1.29 is 0 Å². The second-order valence-corrected chi connectivity index (χ2v) is 6.03. The van der Waals surface area contributed by atoms with E-state index in [0.717, 1.165) is 24.9 Å². The number of rotatable bonds is 3. The Hall–Kier alpha value is -0.0800. The highest BCUT2D eigenvalue weighted by molar-refractivity contribution is 4.87. The molecule has 0 spiro atoms. The second kappa shape index (κ2) is 5.31. The predicted octanol–water partition coefficient (Wildman–Crippen LogP) is 2.48. The van der Waals surface area contributed by atoms with Gasteiger partial charge in [0, 0.05) is 6.04 Å². The van der Waals surface area contributed by atoms with Crippen LogP contribution in [0.2, 0.25) is 0 Å². The second-order valence-electron chi connectivity index (χ2n) is 6.03. The highest BCUT2D eigenvalue weighted by Crippen LogP contribution is 2.37. The molecule has 0 saturated carbocycles. The minimum absolute atomic E-state index is 0.445. The van der Waals surface area contributed by atoms with Gasteiger partial charge in [-0.1, -0.05) is 20.8 Å². The highest BCUT2D eigenvalue weighted by atomic mass is 15.2. The maximum absolute atomic E-state index is 5.58. The van der Waals surface area contributed by atoms with E-state index in [0.29, 0.717) is 5.41 Å². The number of nitrogens with two attached hydrogens (primary N) is 1. The van der Waals surface area contributed by atoms with Crippen LogP contribution >= 0.6 is 0 Å². The predicted molar refractivity (Wildman–Crippen MR) is 66.9 cm³/mol. The van der Waals surface area contributed by atoms with E-state index >= 15 is 0 Å². The Morgan fingerprint density at radius 1 is 1.33 bits per heavy atom. The third-order valence-corrected chi connectivity index (χ3v) is 3.88. The minimum Gasteiger partial charge on any atom is -0.330 e. The van der Waals surface area contributed by atoms with Crippen LogP contribution in [0.4, 0.5) is 0 Å². The summed E-state index contributed by atoms with van der Waals surface area (Å²) in [5, 5.41) is 0. The van der Waals surface area contributed by atoms with Crippen molar-refractivity contribution in [3.05, 3.63) is 0 Å². The molecule has 1 rings (SSSR count). The van der Waals surface area contributed by atoms with E-state index in [1.54, 1.807) is 0 Å². The van der Waals surface area contributed by atoms with Gasteiger partial charge in [0.25, 0.3) is 0 Å². The van der Waals surface area contributed by atoms with Crippen molar-refractivity contribution in [1.82, 2.24) is 4.90 Å². The molecule has 1 aliphatic heterocycles. The molecule has 1 heterocycles. The summed E-state index contributed by atoms with van der Waals surface area (Å²) in [4.78, 5) is 2.63. The molecule has 2 heteroatoms. The van der Waals surface area contributed by atoms with Gasteiger partial charge < -0.3 is 10.6 Å². The molecule has 2 nitrogen and oxygen atoms in total. The highest BCUT2D eigenvalue weighted by Gasteiger charge is 2.35. The van der Waals surface area contributed by atoms with Crippen LogP contribution in [0.3, 0.4) is 0 Å². The average Bonchev–Trinajstić information content (AvgIpc) is 2.14. The van der Waals surface area contributed by atoms with Crippen LogP contribution in [0.1, 0.15) is 47.0 Å². The normalized spacial score (nSPS) is 29.4. The molecule has 1 aliphatic rings. The lowest BCUT2D eigenvalue weighted by Crippen LogP contribution is -2.48. The van der Waals surface area contributed by atoms with E-state index in [1.807, 2.05) is 0 Å². The van der Waals surface area contributed by atoms with Crippen LogP contribution in [0, 0.1) is 11.3 Å². The molecule has 2 N–H and O–H groups in total. The molecule has 0 unspecified atom stereocenters. The molecular formula is C13H28N2. The molecule has 2 atom stereocenters. The van der Waals surface area contributed by atoms with Crippen molar-refractivity contribution in [3.8, 4) is 0 Å². The number of piperidine rings is 1. The summed E-state index contributed by atoms with van der Waals surface area (Å²) in [6, 6.07) is 0.727. The van der Waals surface area contributed by atoms with Gasteiger partial charge in [0.15, 0.2) is 0 Å². The number of hydrogen-bond acceptors (Lipinski definition) is 2. The van der Waals surface area contributed by atoms with Crippen LogP contribution < -0.4 is 5.73 Å². The molecule has 0 aliphatic carbocycles. The van der Waals surface area contributed by atoms with Gasteiger partial charge >= 0.3 is 0 Å². The Labute approximate surface area is 95.2 Å². The first-order chi connectivity index (χ1) is 6.96. The third kappa shape index (κ3) is 3.46. The van der Waals surface area contributed by atoms with E-state index in [4.69, 9.17) is 5.73 Å². The summed E-state index contributed by atoms with van der Waals surface area (Å²) in [5.74, 6) is 0.837. The van der Waals surface area contributed by atoms with Gasteiger partial charge in [-0.3, -0.25) is 0 Å². The molecule has 1 fully saturated rings. The van der Waals surface area contributed by atoms with E-state index in [-0.39, 0.29) is 0 Å². The fourth-order valence-corrected chi connectivity index (χ4v) is 2.98.